The normalized spacial score (nSPS) is 11.2. The molecule has 0 aliphatic rings. The van der Waals surface area contributed by atoms with Gasteiger partial charge in [0.1, 0.15) is 5.75 Å². The molecule has 0 spiro atoms. The van der Waals surface area contributed by atoms with Gasteiger partial charge in [0.2, 0.25) is 5.91 Å². The van der Waals surface area contributed by atoms with Crippen LogP contribution in [0, 0.1) is 0 Å². The van der Waals surface area contributed by atoms with Crippen molar-refractivity contribution in [3.8, 4) is 5.75 Å². The number of amides is 1. The Morgan fingerprint density at radius 3 is 2.50 bits per heavy atom. The molecule has 140 valence electrons. The van der Waals surface area contributed by atoms with E-state index in [-0.39, 0.29) is 36.8 Å². The second-order valence-electron chi connectivity index (χ2n) is 5.21. The lowest BCUT2D eigenvalue weighted by molar-refractivity contribution is -0.121. The van der Waals surface area contributed by atoms with Gasteiger partial charge in [-0.05, 0) is 43.8 Å². The molecule has 24 heavy (non-hydrogen) atoms. The molecule has 0 aromatic heterocycles. The summed E-state index contributed by atoms with van der Waals surface area (Å²) in [6, 6.07) is 8.18. The van der Waals surface area contributed by atoms with Crippen molar-refractivity contribution in [3.05, 3.63) is 29.8 Å². The molecule has 0 aliphatic carbocycles. The molecule has 3 N–H and O–H groups in total. The van der Waals surface area contributed by atoms with Gasteiger partial charge in [0.05, 0.1) is 13.2 Å². The van der Waals surface area contributed by atoms with E-state index in [4.69, 9.17) is 10.5 Å². The fourth-order valence-electron chi connectivity index (χ4n) is 2.53. The molecule has 0 fully saturated rings. The highest BCUT2D eigenvalue weighted by atomic mass is 35.5. The van der Waals surface area contributed by atoms with Gasteiger partial charge in [0.25, 0.3) is 0 Å². The summed E-state index contributed by atoms with van der Waals surface area (Å²) < 4.78 is 5.31. The first-order chi connectivity index (χ1) is 10.7. The predicted octanol–water partition coefficient (Wildman–Crippen LogP) is 2.78. The Hall–Kier alpha value is -1.01. The third kappa shape index (κ3) is 8.20. The van der Waals surface area contributed by atoms with Crippen LogP contribution in [-0.2, 0) is 4.79 Å². The smallest absolute Gasteiger partial charge is 0.220 e. The van der Waals surface area contributed by atoms with Crippen LogP contribution in [0.3, 0.4) is 0 Å². The van der Waals surface area contributed by atoms with Crippen molar-refractivity contribution in [2.24, 2.45) is 5.73 Å². The Balaban J connectivity index is 0. The topological polar surface area (TPSA) is 67.6 Å². The Morgan fingerprint density at radius 2 is 1.96 bits per heavy atom. The van der Waals surface area contributed by atoms with Crippen LogP contribution in [-0.4, -0.2) is 44.1 Å². The monoisotopic (exact) mass is 379 g/mol. The third-order valence-electron chi connectivity index (χ3n) is 3.83. The van der Waals surface area contributed by atoms with Crippen molar-refractivity contribution in [1.29, 1.82) is 0 Å². The highest BCUT2D eigenvalue weighted by Gasteiger charge is 2.19. The Bertz CT molecular complexity index is 457. The summed E-state index contributed by atoms with van der Waals surface area (Å²) >= 11 is 0. The van der Waals surface area contributed by atoms with Crippen molar-refractivity contribution < 1.29 is 9.53 Å². The zero-order valence-electron chi connectivity index (χ0n) is 14.8. The zero-order chi connectivity index (χ0) is 16.4. The second kappa shape index (κ2) is 14.3. The molecule has 0 bridgehead atoms. The van der Waals surface area contributed by atoms with Crippen LogP contribution in [0.4, 0.5) is 0 Å². The van der Waals surface area contributed by atoms with E-state index >= 15 is 0 Å². The SMILES string of the molecule is CCN(CC)C(CNC(=O)CCCN)c1cccc(OC)c1.Cl.Cl. The van der Waals surface area contributed by atoms with Crippen LogP contribution in [0.2, 0.25) is 0 Å². The van der Waals surface area contributed by atoms with Gasteiger partial charge in [-0.25, -0.2) is 0 Å². The maximum Gasteiger partial charge on any atom is 0.220 e. The number of nitrogens with one attached hydrogen (secondary N) is 1. The lowest BCUT2D eigenvalue weighted by Gasteiger charge is -2.30. The van der Waals surface area contributed by atoms with Crippen LogP contribution in [0.5, 0.6) is 5.75 Å². The van der Waals surface area contributed by atoms with Crippen molar-refractivity contribution in [2.45, 2.75) is 32.7 Å². The summed E-state index contributed by atoms with van der Waals surface area (Å²) in [5.41, 5.74) is 6.60. The number of ether oxygens (including phenoxy) is 1. The molecule has 7 heteroatoms. The highest BCUT2D eigenvalue weighted by molar-refractivity contribution is 5.85. The molecule has 1 aromatic carbocycles. The highest BCUT2D eigenvalue weighted by Crippen LogP contribution is 2.23. The molecule has 0 saturated heterocycles. The molecule has 1 aromatic rings. The molecule has 0 heterocycles. The first-order valence-electron chi connectivity index (χ1n) is 8.01. The number of halogens is 2. The fraction of sp³-hybridized carbons (Fsp3) is 0.588. The minimum atomic E-state index is 0. The number of hydrogen-bond acceptors (Lipinski definition) is 4. The lowest BCUT2D eigenvalue weighted by atomic mass is 10.0. The van der Waals surface area contributed by atoms with Crippen LogP contribution in [0.25, 0.3) is 0 Å². The van der Waals surface area contributed by atoms with Crippen LogP contribution in [0.15, 0.2) is 24.3 Å². The summed E-state index contributed by atoms with van der Waals surface area (Å²) in [6.45, 7) is 7.26. The van der Waals surface area contributed by atoms with E-state index in [1.165, 1.54) is 0 Å². The Kier molecular flexibility index (Phi) is 15.1. The van der Waals surface area contributed by atoms with Crippen molar-refractivity contribution in [2.75, 3.05) is 33.3 Å². The van der Waals surface area contributed by atoms with Crippen LogP contribution >= 0.6 is 24.8 Å². The maximum absolute atomic E-state index is 11.9. The predicted molar refractivity (Wildman–Crippen MR) is 104 cm³/mol. The van der Waals surface area contributed by atoms with Gasteiger partial charge in [-0.15, -0.1) is 24.8 Å². The van der Waals surface area contributed by atoms with Crippen molar-refractivity contribution >= 4 is 30.7 Å². The van der Waals surface area contributed by atoms with Gasteiger partial charge in [-0.3, -0.25) is 9.69 Å². The summed E-state index contributed by atoms with van der Waals surface area (Å²) in [5.74, 6) is 0.898. The van der Waals surface area contributed by atoms with E-state index < -0.39 is 0 Å². The van der Waals surface area contributed by atoms with Gasteiger partial charge in [0.15, 0.2) is 0 Å². The third-order valence-corrected chi connectivity index (χ3v) is 3.83. The summed E-state index contributed by atoms with van der Waals surface area (Å²) in [4.78, 5) is 14.2. The largest absolute Gasteiger partial charge is 0.497 e. The van der Waals surface area contributed by atoms with E-state index in [2.05, 4.69) is 30.1 Å². The van der Waals surface area contributed by atoms with Gasteiger partial charge in [0, 0.05) is 13.0 Å². The molecule has 1 unspecified atom stereocenters. The number of carbonyl (C=O) groups excluding carboxylic acids is 1. The van der Waals surface area contributed by atoms with Gasteiger partial charge >= 0.3 is 0 Å². The minimum absolute atomic E-state index is 0. The Morgan fingerprint density at radius 1 is 1.29 bits per heavy atom. The molecular formula is C17H31Cl2N3O2. The van der Waals surface area contributed by atoms with E-state index in [9.17, 15) is 4.79 Å². The first-order valence-corrected chi connectivity index (χ1v) is 8.01. The van der Waals surface area contributed by atoms with Gasteiger partial charge < -0.3 is 15.8 Å². The molecule has 5 nitrogen and oxygen atoms in total. The molecule has 0 aliphatic heterocycles. The molecule has 0 saturated carbocycles. The number of hydrogen-bond donors (Lipinski definition) is 2. The van der Waals surface area contributed by atoms with E-state index in [1.54, 1.807) is 7.11 Å². The average Bonchev–Trinajstić information content (AvgIpc) is 2.56. The van der Waals surface area contributed by atoms with Crippen molar-refractivity contribution in [1.82, 2.24) is 10.2 Å². The number of benzene rings is 1. The number of likely N-dealkylation sites (N-methyl/N-ethyl adjacent to an activating group) is 1. The number of rotatable bonds is 10. The number of methoxy groups -OCH3 is 1. The molecule has 0 radical (unpaired) electrons. The zero-order valence-corrected chi connectivity index (χ0v) is 16.4. The van der Waals surface area contributed by atoms with Gasteiger partial charge in [-0.2, -0.15) is 0 Å². The lowest BCUT2D eigenvalue weighted by Crippen LogP contribution is -2.38. The summed E-state index contributed by atoms with van der Waals surface area (Å²) in [5, 5.41) is 3.03. The number of nitrogens with zero attached hydrogens (tertiary/aromatic N) is 1. The Labute approximate surface area is 158 Å². The number of carbonyl (C=O) groups is 1. The van der Waals surface area contributed by atoms with Crippen LogP contribution < -0.4 is 15.8 Å². The molecule has 1 rings (SSSR count). The standard InChI is InChI=1S/C17H29N3O2.2ClH/c1-4-20(5-2)16(13-19-17(21)10-7-11-18)14-8-6-9-15(12-14)22-3;;/h6,8-9,12,16H,4-5,7,10-11,13,18H2,1-3H3,(H,19,21);2*1H. The van der Waals surface area contributed by atoms with E-state index in [1.807, 2.05) is 18.2 Å². The van der Waals surface area contributed by atoms with Crippen LogP contribution in [0.1, 0.15) is 38.3 Å². The van der Waals surface area contributed by atoms with E-state index in [0.717, 1.165) is 30.8 Å². The molecule has 1 atom stereocenters. The van der Waals surface area contributed by atoms with Gasteiger partial charge in [-0.1, -0.05) is 26.0 Å². The minimum Gasteiger partial charge on any atom is -0.497 e. The molecular weight excluding hydrogens is 349 g/mol. The summed E-state index contributed by atoms with van der Waals surface area (Å²) in [7, 11) is 1.67. The van der Waals surface area contributed by atoms with Crippen molar-refractivity contribution in [3.63, 3.8) is 0 Å². The average molecular weight is 380 g/mol. The number of nitrogens with two attached hydrogens (primary N) is 1. The van der Waals surface area contributed by atoms with E-state index in [0.29, 0.717) is 19.5 Å². The first kappa shape index (κ1) is 25.2. The summed E-state index contributed by atoms with van der Waals surface area (Å²) in [6.07, 6.45) is 1.21. The maximum atomic E-state index is 11.9. The molecule has 1 amide bonds. The fourth-order valence-corrected chi connectivity index (χ4v) is 2.53. The quantitative estimate of drug-likeness (QED) is 0.655. The second-order valence-corrected chi connectivity index (χ2v) is 5.21.